The van der Waals surface area contributed by atoms with E-state index in [1.807, 2.05) is 0 Å². The molecule has 0 saturated heterocycles. The van der Waals surface area contributed by atoms with Crippen LogP contribution in [0.25, 0.3) is 0 Å². The number of alkyl halides is 3. The fraction of sp³-hybridized carbons (Fsp3) is 0.500. The van der Waals surface area contributed by atoms with Gasteiger partial charge in [-0.05, 0) is 43.9 Å². The van der Waals surface area contributed by atoms with Crippen molar-refractivity contribution in [2.75, 3.05) is 11.9 Å². The fourth-order valence-corrected chi connectivity index (χ4v) is 3.30. The van der Waals surface area contributed by atoms with Crippen LogP contribution in [0.15, 0.2) is 18.2 Å². The highest BCUT2D eigenvalue weighted by Crippen LogP contribution is 2.48. The lowest BCUT2D eigenvalue weighted by molar-refractivity contribution is -0.175. The third kappa shape index (κ3) is 2.95. The number of fused-ring (bicyclic) bond motifs is 1. The maximum atomic E-state index is 14.3. The maximum absolute atomic E-state index is 14.3. The monoisotopic (exact) mass is 368 g/mol. The van der Waals surface area contributed by atoms with Gasteiger partial charge in [-0.25, -0.2) is 4.79 Å². The molecule has 2 fully saturated rings. The van der Waals surface area contributed by atoms with E-state index in [9.17, 15) is 18.0 Å². The predicted octanol–water partition coefficient (Wildman–Crippen LogP) is 4.56. The Morgan fingerprint density at radius 2 is 1.96 bits per heavy atom. The summed E-state index contributed by atoms with van der Waals surface area (Å²) in [4.78, 5) is 13.8. The number of hydrogen-bond acceptors (Lipinski definition) is 1. The minimum atomic E-state index is -4.63. The first-order valence-electron chi connectivity index (χ1n) is 8.27. The van der Waals surface area contributed by atoms with Crippen molar-refractivity contribution in [2.45, 2.75) is 43.3 Å². The molecule has 1 aliphatic heterocycles. The Hall–Kier alpha value is -1.87. The van der Waals surface area contributed by atoms with Gasteiger partial charge in [-0.15, -0.1) is 0 Å². The molecule has 4 rings (SSSR count). The summed E-state index contributed by atoms with van der Waals surface area (Å²) in [7, 11) is 0. The fourth-order valence-electron chi connectivity index (χ4n) is 3.13. The number of amides is 2. The van der Waals surface area contributed by atoms with Gasteiger partial charge >= 0.3 is 12.2 Å². The summed E-state index contributed by atoms with van der Waals surface area (Å²) in [5.74, 6) is 5.32. The summed E-state index contributed by atoms with van der Waals surface area (Å²) in [6.45, 7) is -0.500. The van der Waals surface area contributed by atoms with Crippen molar-refractivity contribution < 1.29 is 18.0 Å². The van der Waals surface area contributed by atoms with Crippen LogP contribution in [0.3, 0.4) is 0 Å². The largest absolute Gasteiger partial charge is 0.410 e. The molecule has 1 aromatic rings. The lowest BCUT2D eigenvalue weighted by Gasteiger charge is -2.34. The van der Waals surface area contributed by atoms with Crippen molar-refractivity contribution in [1.82, 2.24) is 4.90 Å². The van der Waals surface area contributed by atoms with Crippen molar-refractivity contribution in [2.24, 2.45) is 5.92 Å². The molecule has 2 saturated carbocycles. The smallest absolute Gasteiger partial charge is 0.319 e. The van der Waals surface area contributed by atoms with Crippen LogP contribution in [0.2, 0.25) is 5.02 Å². The molecule has 0 spiro atoms. The highest BCUT2D eigenvalue weighted by atomic mass is 35.5. The number of carbonyl (C=O) groups excluding carboxylic acids is 1. The molecule has 25 heavy (non-hydrogen) atoms. The highest BCUT2D eigenvalue weighted by Gasteiger charge is 2.60. The summed E-state index contributed by atoms with van der Waals surface area (Å²) < 4.78 is 43.0. The molecule has 1 heterocycles. The topological polar surface area (TPSA) is 32.3 Å². The lowest BCUT2D eigenvalue weighted by Crippen LogP contribution is -2.51. The summed E-state index contributed by atoms with van der Waals surface area (Å²) in [6, 6.07) is 3.51. The van der Waals surface area contributed by atoms with Crippen molar-refractivity contribution >= 4 is 23.3 Å². The highest BCUT2D eigenvalue weighted by molar-refractivity contribution is 6.30. The van der Waals surface area contributed by atoms with E-state index in [1.165, 1.54) is 23.1 Å². The first kappa shape index (κ1) is 16.6. The number of anilines is 1. The van der Waals surface area contributed by atoms with E-state index in [2.05, 4.69) is 17.2 Å². The van der Waals surface area contributed by atoms with Gasteiger partial charge in [0.1, 0.15) is 0 Å². The molecular weight excluding hydrogens is 353 g/mol. The van der Waals surface area contributed by atoms with E-state index in [-0.39, 0.29) is 28.2 Å². The number of rotatable bonds is 1. The summed E-state index contributed by atoms with van der Waals surface area (Å²) >= 11 is 5.99. The number of benzene rings is 1. The average molecular weight is 369 g/mol. The SMILES string of the molecule is O=C1Nc2ccc(Cl)cc2[C@@](C#CC2CC2)(C(F)(F)F)CN1C1CC1. The third-order valence-electron chi connectivity index (χ3n) is 4.89. The minimum Gasteiger partial charge on any atom is -0.319 e. The summed E-state index contributed by atoms with van der Waals surface area (Å²) in [6.07, 6.45) is -1.55. The standard InChI is InChI=1S/C18H16ClF3N2O/c19-12-3-6-15-14(9-12)17(18(20,21)22,8-7-11-1-2-11)10-24(13-4-5-13)16(25)23-15/h3,6,9,11,13H,1-2,4-5,10H2,(H,23,25)/t17-/m0/s1. The number of carbonyl (C=O) groups is 1. The zero-order valence-electron chi connectivity index (χ0n) is 13.3. The van der Waals surface area contributed by atoms with Gasteiger partial charge in [-0.3, -0.25) is 0 Å². The Labute approximate surface area is 148 Å². The minimum absolute atomic E-state index is 0.0168. The molecule has 0 radical (unpaired) electrons. The van der Waals surface area contributed by atoms with E-state index in [4.69, 9.17) is 11.6 Å². The number of urea groups is 1. The molecule has 1 atom stereocenters. The molecule has 2 amide bonds. The van der Waals surface area contributed by atoms with Crippen LogP contribution in [-0.2, 0) is 5.41 Å². The predicted molar refractivity (Wildman–Crippen MR) is 88.4 cm³/mol. The van der Waals surface area contributed by atoms with Crippen LogP contribution in [0.5, 0.6) is 0 Å². The zero-order valence-corrected chi connectivity index (χ0v) is 14.0. The van der Waals surface area contributed by atoms with E-state index in [0.717, 1.165) is 12.8 Å². The molecule has 1 aromatic carbocycles. The van der Waals surface area contributed by atoms with E-state index < -0.39 is 24.2 Å². The van der Waals surface area contributed by atoms with Crippen LogP contribution in [0.1, 0.15) is 31.2 Å². The Kier molecular flexibility index (Phi) is 3.69. The van der Waals surface area contributed by atoms with Crippen LogP contribution in [0, 0.1) is 17.8 Å². The van der Waals surface area contributed by atoms with Gasteiger partial charge in [0.25, 0.3) is 0 Å². The first-order valence-corrected chi connectivity index (χ1v) is 8.65. The van der Waals surface area contributed by atoms with Gasteiger partial charge in [-0.2, -0.15) is 13.2 Å². The van der Waals surface area contributed by atoms with Gasteiger partial charge in [0.05, 0.1) is 6.54 Å². The number of nitrogens with zero attached hydrogens (tertiary/aromatic N) is 1. The van der Waals surface area contributed by atoms with Crippen molar-refractivity contribution in [3.63, 3.8) is 0 Å². The molecule has 3 aliphatic rings. The maximum Gasteiger partial charge on any atom is 0.410 e. The molecule has 0 bridgehead atoms. The zero-order chi connectivity index (χ0) is 17.8. The van der Waals surface area contributed by atoms with E-state index in [1.54, 1.807) is 0 Å². The molecule has 0 unspecified atom stereocenters. The molecule has 2 aliphatic carbocycles. The van der Waals surface area contributed by atoms with Crippen LogP contribution in [-0.4, -0.2) is 29.7 Å². The first-order chi connectivity index (χ1) is 11.8. The number of hydrogen-bond donors (Lipinski definition) is 1. The van der Waals surface area contributed by atoms with Gasteiger partial charge in [-0.1, -0.05) is 23.4 Å². The average Bonchev–Trinajstić information content (AvgIpc) is 3.40. The van der Waals surface area contributed by atoms with Crippen molar-refractivity contribution in [3.8, 4) is 11.8 Å². The normalized spacial score (nSPS) is 26.2. The second-order valence-corrected chi connectivity index (χ2v) is 7.36. The molecule has 1 N–H and O–H groups in total. The number of nitrogens with one attached hydrogen (secondary N) is 1. The Morgan fingerprint density at radius 3 is 2.56 bits per heavy atom. The Morgan fingerprint density at radius 1 is 1.24 bits per heavy atom. The van der Waals surface area contributed by atoms with Gasteiger partial charge in [0.15, 0.2) is 5.41 Å². The molecule has 0 aromatic heterocycles. The second kappa shape index (κ2) is 5.57. The molecule has 7 heteroatoms. The summed E-state index contributed by atoms with van der Waals surface area (Å²) in [5, 5.41) is 2.80. The lowest BCUT2D eigenvalue weighted by atomic mass is 9.78. The molecule has 3 nitrogen and oxygen atoms in total. The van der Waals surface area contributed by atoms with Crippen molar-refractivity contribution in [1.29, 1.82) is 0 Å². The van der Waals surface area contributed by atoms with E-state index in [0.29, 0.717) is 12.8 Å². The quantitative estimate of drug-likeness (QED) is 0.724. The molecule has 132 valence electrons. The second-order valence-electron chi connectivity index (χ2n) is 6.93. The van der Waals surface area contributed by atoms with Crippen LogP contribution in [0.4, 0.5) is 23.7 Å². The van der Waals surface area contributed by atoms with Gasteiger partial charge in [0, 0.05) is 28.2 Å². The number of halogens is 4. The van der Waals surface area contributed by atoms with Crippen molar-refractivity contribution in [3.05, 3.63) is 28.8 Å². The Bertz CT molecular complexity index is 790. The summed E-state index contributed by atoms with van der Waals surface area (Å²) in [5.41, 5.74) is -2.38. The van der Waals surface area contributed by atoms with E-state index >= 15 is 0 Å². The van der Waals surface area contributed by atoms with Gasteiger partial charge in [0.2, 0.25) is 0 Å². The van der Waals surface area contributed by atoms with Crippen LogP contribution < -0.4 is 5.32 Å². The Balaban J connectivity index is 1.92. The molecular formula is C18H16ClF3N2O. The van der Waals surface area contributed by atoms with Crippen LogP contribution >= 0.6 is 11.6 Å². The third-order valence-corrected chi connectivity index (χ3v) is 5.13. The van der Waals surface area contributed by atoms with Gasteiger partial charge < -0.3 is 10.2 Å².